The van der Waals surface area contributed by atoms with E-state index >= 15 is 0 Å². The van der Waals surface area contributed by atoms with Crippen molar-refractivity contribution >= 4 is 0 Å². The molecular weight excluding hydrogens is 222 g/mol. The second kappa shape index (κ2) is 7.57. The highest BCUT2D eigenvalue weighted by molar-refractivity contribution is 5.24. The van der Waals surface area contributed by atoms with Gasteiger partial charge in [-0.1, -0.05) is 20.8 Å². The number of aryl methyl sites for hydroxylation is 2. The van der Waals surface area contributed by atoms with Crippen molar-refractivity contribution in [2.45, 2.75) is 60.4 Å². The van der Waals surface area contributed by atoms with E-state index in [0.717, 1.165) is 32.0 Å². The van der Waals surface area contributed by atoms with Gasteiger partial charge in [-0.2, -0.15) is 5.10 Å². The van der Waals surface area contributed by atoms with Gasteiger partial charge in [0.15, 0.2) is 0 Å². The minimum atomic E-state index is 0.742. The van der Waals surface area contributed by atoms with Crippen molar-refractivity contribution in [3.05, 3.63) is 17.0 Å². The van der Waals surface area contributed by atoms with Crippen LogP contribution in [0, 0.1) is 19.8 Å². The maximum Gasteiger partial charge on any atom is 0.0628 e. The molecule has 0 radical (unpaired) electrons. The first-order valence-electron chi connectivity index (χ1n) is 7.29. The van der Waals surface area contributed by atoms with Crippen molar-refractivity contribution in [3.8, 4) is 0 Å². The van der Waals surface area contributed by atoms with E-state index in [9.17, 15) is 0 Å². The highest BCUT2D eigenvalue weighted by Crippen LogP contribution is 2.16. The van der Waals surface area contributed by atoms with Gasteiger partial charge in [-0.15, -0.1) is 0 Å². The first-order chi connectivity index (χ1) is 8.56. The molecule has 0 aliphatic carbocycles. The largest absolute Gasteiger partial charge is 0.317 e. The van der Waals surface area contributed by atoms with Crippen LogP contribution >= 0.6 is 0 Å². The van der Waals surface area contributed by atoms with Crippen molar-refractivity contribution in [1.29, 1.82) is 0 Å². The van der Waals surface area contributed by atoms with Crippen LogP contribution in [0.1, 0.15) is 50.6 Å². The monoisotopic (exact) mass is 251 g/mol. The van der Waals surface area contributed by atoms with Crippen LogP contribution in [0.2, 0.25) is 0 Å². The second-order valence-electron chi connectivity index (χ2n) is 5.51. The van der Waals surface area contributed by atoms with Gasteiger partial charge in [0.2, 0.25) is 0 Å². The molecule has 1 aromatic heterocycles. The number of hydrogen-bond acceptors (Lipinski definition) is 2. The third-order valence-corrected chi connectivity index (χ3v) is 3.48. The number of hydrogen-bond donors (Lipinski definition) is 1. The van der Waals surface area contributed by atoms with Gasteiger partial charge in [0, 0.05) is 12.2 Å². The Balaban J connectivity index is 2.57. The third-order valence-electron chi connectivity index (χ3n) is 3.48. The van der Waals surface area contributed by atoms with Gasteiger partial charge in [-0.3, -0.25) is 4.68 Å². The Bertz CT molecular complexity index is 353. The Morgan fingerprint density at radius 3 is 2.61 bits per heavy atom. The topological polar surface area (TPSA) is 29.9 Å². The van der Waals surface area contributed by atoms with E-state index in [1.807, 2.05) is 0 Å². The van der Waals surface area contributed by atoms with Gasteiger partial charge in [-0.05, 0) is 57.7 Å². The lowest BCUT2D eigenvalue weighted by atomic mass is 10.1. The fraction of sp³-hybridized carbons (Fsp3) is 0.800. The van der Waals surface area contributed by atoms with E-state index in [2.05, 4.69) is 49.7 Å². The molecule has 0 aliphatic rings. The normalized spacial score (nSPS) is 11.4. The van der Waals surface area contributed by atoms with Crippen LogP contribution in [0.3, 0.4) is 0 Å². The van der Waals surface area contributed by atoms with E-state index in [-0.39, 0.29) is 0 Å². The number of rotatable bonds is 8. The molecule has 0 saturated carbocycles. The van der Waals surface area contributed by atoms with Crippen LogP contribution in [0.25, 0.3) is 0 Å². The lowest BCUT2D eigenvalue weighted by molar-refractivity contribution is 0.478. The van der Waals surface area contributed by atoms with Crippen molar-refractivity contribution < 1.29 is 0 Å². The fourth-order valence-corrected chi connectivity index (χ4v) is 2.26. The Morgan fingerprint density at radius 2 is 2.00 bits per heavy atom. The van der Waals surface area contributed by atoms with Crippen LogP contribution in [-0.4, -0.2) is 22.9 Å². The van der Waals surface area contributed by atoms with Gasteiger partial charge < -0.3 is 5.32 Å². The zero-order valence-electron chi connectivity index (χ0n) is 12.7. The summed E-state index contributed by atoms with van der Waals surface area (Å²) < 4.78 is 2.19. The Kier molecular flexibility index (Phi) is 6.41. The highest BCUT2D eigenvalue weighted by atomic mass is 15.3. The standard InChI is InChI=1S/C15H29N3/c1-6-16-10-7-8-15-13(4)17-18(14(15)5)11-9-12(2)3/h12,16H,6-11H2,1-5H3. The lowest BCUT2D eigenvalue weighted by Gasteiger charge is -2.07. The molecule has 0 amide bonds. The SMILES string of the molecule is CCNCCCc1c(C)nn(CCC(C)C)c1C. The van der Waals surface area contributed by atoms with Crippen molar-refractivity contribution in [1.82, 2.24) is 15.1 Å². The summed E-state index contributed by atoms with van der Waals surface area (Å²) in [7, 11) is 0. The van der Waals surface area contributed by atoms with Crippen LogP contribution in [0.4, 0.5) is 0 Å². The Hall–Kier alpha value is -0.830. The molecule has 1 aromatic rings. The van der Waals surface area contributed by atoms with Crippen LogP contribution < -0.4 is 5.32 Å². The summed E-state index contributed by atoms with van der Waals surface area (Å²) in [5, 5.41) is 8.05. The average Bonchev–Trinajstić information content (AvgIpc) is 2.58. The summed E-state index contributed by atoms with van der Waals surface area (Å²) in [5.74, 6) is 0.742. The molecule has 0 aliphatic heterocycles. The summed E-state index contributed by atoms with van der Waals surface area (Å²) in [6.45, 7) is 14.3. The molecule has 0 bridgehead atoms. The third kappa shape index (κ3) is 4.45. The van der Waals surface area contributed by atoms with Gasteiger partial charge in [0.1, 0.15) is 0 Å². The van der Waals surface area contributed by atoms with Gasteiger partial charge in [0.05, 0.1) is 5.69 Å². The molecule has 3 heteroatoms. The number of nitrogens with one attached hydrogen (secondary N) is 1. The zero-order chi connectivity index (χ0) is 13.5. The first kappa shape index (κ1) is 15.2. The second-order valence-corrected chi connectivity index (χ2v) is 5.51. The zero-order valence-corrected chi connectivity index (χ0v) is 12.7. The molecule has 0 spiro atoms. The van der Waals surface area contributed by atoms with Crippen LogP contribution in [-0.2, 0) is 13.0 Å². The van der Waals surface area contributed by atoms with Gasteiger partial charge in [0.25, 0.3) is 0 Å². The molecule has 0 fully saturated rings. The molecule has 1 N–H and O–H groups in total. The van der Waals surface area contributed by atoms with E-state index in [0.29, 0.717) is 0 Å². The quantitative estimate of drug-likeness (QED) is 0.720. The molecule has 0 atom stereocenters. The van der Waals surface area contributed by atoms with E-state index in [1.54, 1.807) is 0 Å². The summed E-state index contributed by atoms with van der Waals surface area (Å²) in [5.41, 5.74) is 4.04. The molecular formula is C15H29N3. The molecule has 1 heterocycles. The van der Waals surface area contributed by atoms with E-state index in [4.69, 9.17) is 0 Å². The summed E-state index contributed by atoms with van der Waals surface area (Å²) in [6.07, 6.45) is 3.55. The van der Waals surface area contributed by atoms with Crippen LogP contribution in [0.15, 0.2) is 0 Å². The molecule has 3 nitrogen and oxygen atoms in total. The molecule has 0 aromatic carbocycles. The van der Waals surface area contributed by atoms with Crippen molar-refractivity contribution in [3.63, 3.8) is 0 Å². The number of aromatic nitrogens is 2. The van der Waals surface area contributed by atoms with Crippen LogP contribution in [0.5, 0.6) is 0 Å². The maximum absolute atomic E-state index is 4.68. The van der Waals surface area contributed by atoms with Gasteiger partial charge >= 0.3 is 0 Å². The Labute approximate surface area is 112 Å². The van der Waals surface area contributed by atoms with Gasteiger partial charge in [-0.25, -0.2) is 0 Å². The highest BCUT2D eigenvalue weighted by Gasteiger charge is 2.11. The lowest BCUT2D eigenvalue weighted by Crippen LogP contribution is -2.14. The summed E-state index contributed by atoms with van der Waals surface area (Å²) in [4.78, 5) is 0. The summed E-state index contributed by atoms with van der Waals surface area (Å²) in [6, 6.07) is 0. The van der Waals surface area contributed by atoms with E-state index in [1.165, 1.54) is 29.8 Å². The number of nitrogens with zero attached hydrogens (tertiary/aromatic N) is 2. The summed E-state index contributed by atoms with van der Waals surface area (Å²) >= 11 is 0. The van der Waals surface area contributed by atoms with E-state index < -0.39 is 0 Å². The first-order valence-corrected chi connectivity index (χ1v) is 7.29. The van der Waals surface area contributed by atoms with Crippen molar-refractivity contribution in [2.75, 3.05) is 13.1 Å². The van der Waals surface area contributed by atoms with Crippen molar-refractivity contribution in [2.24, 2.45) is 5.92 Å². The Morgan fingerprint density at radius 1 is 1.28 bits per heavy atom. The molecule has 1 rings (SSSR count). The predicted octanol–water partition coefficient (Wildman–Crippen LogP) is 3.09. The molecule has 104 valence electrons. The minimum absolute atomic E-state index is 0.742. The molecule has 0 unspecified atom stereocenters. The molecule has 18 heavy (non-hydrogen) atoms. The predicted molar refractivity (Wildman–Crippen MR) is 78.0 cm³/mol. The molecule has 0 saturated heterocycles. The maximum atomic E-state index is 4.68. The minimum Gasteiger partial charge on any atom is -0.317 e. The fourth-order valence-electron chi connectivity index (χ4n) is 2.26. The average molecular weight is 251 g/mol. The smallest absolute Gasteiger partial charge is 0.0628 e.